The second-order valence-electron chi connectivity index (χ2n) is 5.40. The summed E-state index contributed by atoms with van der Waals surface area (Å²) < 4.78 is 0. The third-order valence-electron chi connectivity index (χ3n) is 2.93. The molecule has 5 nitrogen and oxygen atoms in total. The van der Waals surface area contributed by atoms with Crippen LogP contribution < -0.4 is 10.6 Å². The molecule has 0 rings (SSSR count). The minimum absolute atomic E-state index is 0.0661. The molecule has 0 bridgehead atoms. The van der Waals surface area contributed by atoms with E-state index in [0.29, 0.717) is 0 Å². The number of amides is 2. The predicted octanol–water partition coefficient (Wildman–Crippen LogP) is 1.59. The summed E-state index contributed by atoms with van der Waals surface area (Å²) in [6, 6.07) is -0.332. The van der Waals surface area contributed by atoms with Crippen molar-refractivity contribution < 1.29 is 14.7 Å². The molecule has 0 fully saturated rings. The Morgan fingerprint density at radius 3 is 2.00 bits per heavy atom. The van der Waals surface area contributed by atoms with Crippen molar-refractivity contribution >= 4 is 12.0 Å². The molecule has 0 aromatic rings. The first-order valence-electron chi connectivity index (χ1n) is 5.34. The van der Waals surface area contributed by atoms with Gasteiger partial charge in [0.25, 0.3) is 0 Å². The van der Waals surface area contributed by atoms with E-state index in [-0.39, 0.29) is 30.0 Å². The quantitative estimate of drug-likeness (QED) is 0.686. The lowest BCUT2D eigenvalue weighted by atomic mass is 9.76. The van der Waals surface area contributed by atoms with Crippen LogP contribution in [0.2, 0.25) is 0 Å². The Bertz CT molecular complexity index is 267. The van der Waals surface area contributed by atoms with Crippen molar-refractivity contribution in [1.29, 1.82) is 0 Å². The summed E-state index contributed by atoms with van der Waals surface area (Å²) in [6.07, 6.45) is -0.0661. The first-order valence-corrected chi connectivity index (χ1v) is 5.34. The zero-order valence-corrected chi connectivity index (χ0v) is 10.7. The van der Waals surface area contributed by atoms with Crippen molar-refractivity contribution in [2.24, 2.45) is 5.41 Å². The van der Waals surface area contributed by atoms with E-state index < -0.39 is 5.97 Å². The van der Waals surface area contributed by atoms with Gasteiger partial charge < -0.3 is 15.7 Å². The predicted molar refractivity (Wildman–Crippen MR) is 62.3 cm³/mol. The highest BCUT2D eigenvalue weighted by Gasteiger charge is 2.33. The first kappa shape index (κ1) is 14.7. The van der Waals surface area contributed by atoms with E-state index in [9.17, 15) is 9.59 Å². The average Bonchev–Trinajstić information content (AvgIpc) is 1.99. The topological polar surface area (TPSA) is 78.4 Å². The number of hydrogen-bond donors (Lipinski definition) is 3. The summed E-state index contributed by atoms with van der Waals surface area (Å²) in [5.41, 5.74) is -0.433. The van der Waals surface area contributed by atoms with E-state index in [0.717, 1.165) is 0 Å². The minimum atomic E-state index is -0.921. The van der Waals surface area contributed by atoms with Crippen LogP contribution >= 0.6 is 0 Å². The van der Waals surface area contributed by atoms with Gasteiger partial charge in [-0.05, 0) is 19.3 Å². The van der Waals surface area contributed by atoms with Crippen molar-refractivity contribution in [3.8, 4) is 0 Å². The monoisotopic (exact) mass is 230 g/mol. The maximum absolute atomic E-state index is 11.5. The third-order valence-corrected chi connectivity index (χ3v) is 2.93. The van der Waals surface area contributed by atoms with Gasteiger partial charge in [0.05, 0.1) is 6.42 Å². The fourth-order valence-corrected chi connectivity index (χ4v) is 0.798. The van der Waals surface area contributed by atoms with Gasteiger partial charge in [-0.1, -0.05) is 20.8 Å². The molecule has 0 heterocycles. The first-order chi connectivity index (χ1) is 7.06. The van der Waals surface area contributed by atoms with E-state index in [1.165, 1.54) is 0 Å². The molecule has 5 heteroatoms. The summed E-state index contributed by atoms with van der Waals surface area (Å²) >= 11 is 0. The maximum atomic E-state index is 11.5. The van der Waals surface area contributed by atoms with Crippen LogP contribution in [0.25, 0.3) is 0 Å². The highest BCUT2D eigenvalue weighted by Crippen LogP contribution is 2.29. The molecule has 0 radical (unpaired) electrons. The number of urea groups is 1. The molecule has 0 aliphatic carbocycles. The van der Waals surface area contributed by atoms with Gasteiger partial charge in [-0.25, -0.2) is 4.79 Å². The Balaban J connectivity index is 4.10. The molecule has 0 atom stereocenters. The Morgan fingerprint density at radius 2 is 1.62 bits per heavy atom. The molecule has 16 heavy (non-hydrogen) atoms. The molecule has 0 spiro atoms. The Kier molecular flexibility index (Phi) is 4.78. The van der Waals surface area contributed by atoms with Crippen LogP contribution in [0.4, 0.5) is 4.79 Å². The lowest BCUT2D eigenvalue weighted by Gasteiger charge is -2.39. The average molecular weight is 230 g/mol. The molecule has 2 amide bonds. The fraction of sp³-hybridized carbons (Fsp3) is 0.818. The highest BCUT2D eigenvalue weighted by atomic mass is 16.4. The third kappa shape index (κ3) is 5.00. The van der Waals surface area contributed by atoms with Gasteiger partial charge in [0.1, 0.15) is 0 Å². The molecule has 0 aromatic heterocycles. The number of aliphatic carboxylic acids is 1. The van der Waals surface area contributed by atoms with Crippen LogP contribution in [0.3, 0.4) is 0 Å². The van der Waals surface area contributed by atoms with Gasteiger partial charge in [-0.3, -0.25) is 4.79 Å². The number of carbonyl (C=O) groups is 2. The largest absolute Gasteiger partial charge is 0.481 e. The number of carboxylic acid groups (broad SMARTS) is 1. The van der Waals surface area contributed by atoms with Crippen molar-refractivity contribution in [2.75, 3.05) is 6.54 Å². The number of nitrogens with one attached hydrogen (secondary N) is 2. The maximum Gasteiger partial charge on any atom is 0.315 e. The smallest absolute Gasteiger partial charge is 0.315 e. The lowest BCUT2D eigenvalue weighted by molar-refractivity contribution is -0.136. The summed E-state index contributed by atoms with van der Waals surface area (Å²) in [5, 5.41) is 13.8. The van der Waals surface area contributed by atoms with Crippen LogP contribution in [-0.2, 0) is 4.79 Å². The summed E-state index contributed by atoms with van der Waals surface area (Å²) in [7, 11) is 0. The number of rotatable bonds is 4. The van der Waals surface area contributed by atoms with E-state index in [2.05, 4.69) is 10.6 Å². The van der Waals surface area contributed by atoms with E-state index in [1.807, 2.05) is 34.6 Å². The van der Waals surface area contributed by atoms with Crippen LogP contribution in [0, 0.1) is 5.41 Å². The van der Waals surface area contributed by atoms with Crippen molar-refractivity contribution in [1.82, 2.24) is 10.6 Å². The van der Waals surface area contributed by atoms with Crippen LogP contribution in [-0.4, -0.2) is 29.2 Å². The zero-order chi connectivity index (χ0) is 13.0. The van der Waals surface area contributed by atoms with Crippen LogP contribution in [0.5, 0.6) is 0 Å². The standard InChI is InChI=1S/C11H22N2O3/c1-10(2,3)11(4,5)13-9(16)12-7-6-8(14)15/h6-7H2,1-5H3,(H,14,15)(H2,12,13,16). The normalized spacial score (nSPS) is 12.1. The molecule has 94 valence electrons. The molecule has 0 saturated heterocycles. The van der Waals surface area contributed by atoms with E-state index >= 15 is 0 Å². The molecular weight excluding hydrogens is 208 g/mol. The molecular formula is C11H22N2O3. The lowest BCUT2D eigenvalue weighted by Crippen LogP contribution is -2.55. The van der Waals surface area contributed by atoms with Crippen molar-refractivity contribution in [2.45, 2.75) is 46.6 Å². The summed E-state index contributed by atoms with van der Waals surface area (Å²) in [6.45, 7) is 10.1. The van der Waals surface area contributed by atoms with Gasteiger partial charge in [0, 0.05) is 12.1 Å². The molecule has 0 aliphatic heterocycles. The van der Waals surface area contributed by atoms with Gasteiger partial charge in [0.15, 0.2) is 0 Å². The van der Waals surface area contributed by atoms with Crippen molar-refractivity contribution in [3.63, 3.8) is 0 Å². The summed E-state index contributed by atoms with van der Waals surface area (Å²) in [4.78, 5) is 21.7. The second kappa shape index (κ2) is 5.18. The molecule has 0 aliphatic rings. The van der Waals surface area contributed by atoms with Crippen LogP contribution in [0.15, 0.2) is 0 Å². The molecule has 0 aromatic carbocycles. The number of carboxylic acids is 1. The highest BCUT2D eigenvalue weighted by molar-refractivity contribution is 5.75. The Morgan fingerprint density at radius 1 is 1.12 bits per heavy atom. The van der Waals surface area contributed by atoms with E-state index in [1.54, 1.807) is 0 Å². The van der Waals surface area contributed by atoms with Gasteiger partial charge in [-0.2, -0.15) is 0 Å². The van der Waals surface area contributed by atoms with Crippen LogP contribution in [0.1, 0.15) is 41.0 Å². The zero-order valence-electron chi connectivity index (χ0n) is 10.7. The molecule has 0 saturated carbocycles. The summed E-state index contributed by atoms with van der Waals surface area (Å²) in [5.74, 6) is -0.921. The second-order valence-corrected chi connectivity index (χ2v) is 5.40. The Hall–Kier alpha value is -1.26. The molecule has 3 N–H and O–H groups in total. The van der Waals surface area contributed by atoms with Gasteiger partial charge in [-0.15, -0.1) is 0 Å². The fourth-order valence-electron chi connectivity index (χ4n) is 0.798. The molecule has 0 unspecified atom stereocenters. The van der Waals surface area contributed by atoms with Gasteiger partial charge >= 0.3 is 12.0 Å². The number of hydrogen-bond acceptors (Lipinski definition) is 2. The Labute approximate surface area is 96.6 Å². The van der Waals surface area contributed by atoms with Crippen molar-refractivity contribution in [3.05, 3.63) is 0 Å². The minimum Gasteiger partial charge on any atom is -0.481 e. The van der Waals surface area contributed by atoms with Gasteiger partial charge in [0.2, 0.25) is 0 Å². The van der Waals surface area contributed by atoms with E-state index in [4.69, 9.17) is 5.11 Å². The SMILES string of the molecule is CC(C)(C)C(C)(C)NC(=O)NCCC(=O)O. The number of carbonyl (C=O) groups excluding carboxylic acids is 1.